The minimum atomic E-state index is -1.26. The second kappa shape index (κ2) is 8.60. The zero-order chi connectivity index (χ0) is 17.4. The van der Waals surface area contributed by atoms with Crippen molar-refractivity contribution in [2.45, 2.75) is 19.5 Å². The van der Waals surface area contributed by atoms with Crippen molar-refractivity contribution in [3.8, 4) is 5.75 Å². The first-order valence-electron chi connectivity index (χ1n) is 6.86. The highest BCUT2D eigenvalue weighted by atomic mass is 16.5. The number of carboxylic acid groups (broad SMARTS) is 2. The van der Waals surface area contributed by atoms with Crippen LogP contribution in [0.5, 0.6) is 5.75 Å². The maximum Gasteiger partial charge on any atom is 0.328 e. The second-order valence-corrected chi connectivity index (χ2v) is 4.88. The molecule has 0 aliphatic rings. The van der Waals surface area contributed by atoms with Crippen LogP contribution in [0.4, 0.5) is 0 Å². The van der Waals surface area contributed by atoms with Crippen LogP contribution in [0.2, 0.25) is 0 Å². The molecule has 7 nitrogen and oxygen atoms in total. The Labute approximate surface area is 133 Å². The Morgan fingerprint density at radius 2 is 1.87 bits per heavy atom. The number of methoxy groups -OCH3 is 1. The largest absolute Gasteiger partial charge is 0.497 e. The van der Waals surface area contributed by atoms with Gasteiger partial charge in [-0.2, -0.15) is 0 Å². The molecule has 2 aromatic rings. The summed E-state index contributed by atoms with van der Waals surface area (Å²) in [5, 5.41) is 16.8. The molecule has 0 radical (unpaired) electrons. The smallest absolute Gasteiger partial charge is 0.328 e. The molecule has 1 heterocycles. The molecule has 0 bridgehead atoms. The number of rotatable bonds is 5. The summed E-state index contributed by atoms with van der Waals surface area (Å²) in [6.45, 7) is 2.84. The quantitative estimate of drug-likeness (QED) is 0.722. The van der Waals surface area contributed by atoms with Crippen LogP contribution < -0.4 is 10.5 Å². The van der Waals surface area contributed by atoms with Crippen LogP contribution >= 0.6 is 0 Å². The van der Waals surface area contributed by atoms with Crippen LogP contribution in [0.25, 0.3) is 10.9 Å². The predicted molar refractivity (Wildman–Crippen MR) is 86.6 cm³/mol. The van der Waals surface area contributed by atoms with Crippen LogP contribution in [-0.2, 0) is 16.1 Å². The van der Waals surface area contributed by atoms with Gasteiger partial charge in [-0.1, -0.05) is 0 Å². The number of hydrogen-bond acceptors (Lipinski definition) is 4. The van der Waals surface area contributed by atoms with Gasteiger partial charge in [0.05, 0.1) is 12.6 Å². The molecule has 0 aliphatic carbocycles. The van der Waals surface area contributed by atoms with Crippen LogP contribution in [0.15, 0.2) is 42.6 Å². The summed E-state index contributed by atoms with van der Waals surface area (Å²) < 4.78 is 7.36. The van der Waals surface area contributed by atoms with Crippen molar-refractivity contribution in [2.75, 3.05) is 7.11 Å². The summed E-state index contributed by atoms with van der Waals surface area (Å²) in [5.41, 5.74) is 6.97. The minimum absolute atomic E-state index is 0.159. The predicted octanol–water partition coefficient (Wildman–Crippen LogP) is 1.71. The average Bonchev–Trinajstić information content (AvgIpc) is 2.87. The van der Waals surface area contributed by atoms with E-state index in [9.17, 15) is 9.59 Å². The first-order valence-corrected chi connectivity index (χ1v) is 6.86. The van der Waals surface area contributed by atoms with Gasteiger partial charge < -0.3 is 25.3 Å². The number of nitrogens with zero attached hydrogens (tertiary/aromatic N) is 1. The van der Waals surface area contributed by atoms with Crippen molar-refractivity contribution in [3.05, 3.63) is 42.6 Å². The average molecular weight is 320 g/mol. The number of fused-ring (bicyclic) bond motifs is 1. The van der Waals surface area contributed by atoms with Crippen molar-refractivity contribution in [1.29, 1.82) is 0 Å². The molecule has 0 saturated heterocycles. The fourth-order valence-electron chi connectivity index (χ4n) is 1.90. The summed E-state index contributed by atoms with van der Waals surface area (Å²) in [4.78, 5) is 19.1. The summed E-state index contributed by atoms with van der Waals surface area (Å²) in [6, 6.07) is 8.33. The fraction of sp³-hybridized carbons (Fsp3) is 0.250. The normalized spacial score (nSPS) is 11.8. The van der Waals surface area contributed by atoms with Crippen LogP contribution in [0, 0.1) is 0 Å². The number of benzene rings is 1. The van der Waals surface area contributed by atoms with Gasteiger partial charge in [0.1, 0.15) is 5.75 Å². The molecular formula is C16H20N2O5. The number of aromatic nitrogens is 1. The standard InChI is InChI=1S/C12H16N2O.C4H4O4/c1-9(13)8-14-6-5-10-3-4-11(15-2)7-12(10)14;5-3(6)1-2-4(7)8/h3-7,9H,8,13H2,1-2H3;1-2H,(H,5,6)(H,7,8)/b;2-1+. The van der Waals surface area contributed by atoms with Crippen molar-refractivity contribution in [1.82, 2.24) is 4.57 Å². The highest BCUT2D eigenvalue weighted by Gasteiger charge is 2.04. The summed E-state index contributed by atoms with van der Waals surface area (Å²) >= 11 is 0. The highest BCUT2D eigenvalue weighted by Crippen LogP contribution is 2.21. The third-order valence-electron chi connectivity index (χ3n) is 2.83. The third-order valence-corrected chi connectivity index (χ3v) is 2.83. The third kappa shape index (κ3) is 6.23. The van der Waals surface area contributed by atoms with E-state index in [2.05, 4.69) is 22.9 Å². The zero-order valence-electron chi connectivity index (χ0n) is 13.0. The Morgan fingerprint density at radius 3 is 2.35 bits per heavy atom. The topological polar surface area (TPSA) is 115 Å². The van der Waals surface area contributed by atoms with Crippen LogP contribution in [0.1, 0.15) is 6.92 Å². The molecule has 1 aromatic heterocycles. The van der Waals surface area contributed by atoms with E-state index >= 15 is 0 Å². The SMILES string of the molecule is COc1ccc2ccn(CC(C)N)c2c1.O=C(O)/C=C/C(=O)O. The molecule has 1 aromatic carbocycles. The first-order chi connectivity index (χ1) is 10.8. The monoisotopic (exact) mass is 320 g/mol. The lowest BCUT2D eigenvalue weighted by Gasteiger charge is -2.09. The molecule has 4 N–H and O–H groups in total. The molecule has 23 heavy (non-hydrogen) atoms. The minimum Gasteiger partial charge on any atom is -0.497 e. The van der Waals surface area contributed by atoms with Gasteiger partial charge in [-0.15, -0.1) is 0 Å². The van der Waals surface area contributed by atoms with E-state index in [1.807, 2.05) is 19.1 Å². The van der Waals surface area contributed by atoms with E-state index in [4.69, 9.17) is 20.7 Å². The lowest BCUT2D eigenvalue weighted by molar-refractivity contribution is -0.134. The maximum atomic E-state index is 9.55. The van der Waals surface area contributed by atoms with Crippen molar-refractivity contribution in [2.24, 2.45) is 5.73 Å². The Kier molecular flexibility index (Phi) is 6.82. The Balaban J connectivity index is 0.000000284. The highest BCUT2D eigenvalue weighted by molar-refractivity contribution is 5.89. The maximum absolute atomic E-state index is 9.55. The summed E-state index contributed by atoms with van der Waals surface area (Å²) in [7, 11) is 1.68. The number of ether oxygens (including phenoxy) is 1. The molecular weight excluding hydrogens is 300 g/mol. The summed E-state index contributed by atoms with van der Waals surface area (Å²) in [5.74, 6) is -1.63. The van der Waals surface area contributed by atoms with E-state index in [1.165, 1.54) is 10.9 Å². The van der Waals surface area contributed by atoms with E-state index in [-0.39, 0.29) is 6.04 Å². The molecule has 0 aliphatic heterocycles. The van der Waals surface area contributed by atoms with Crippen LogP contribution in [-0.4, -0.2) is 39.9 Å². The van der Waals surface area contributed by atoms with Gasteiger partial charge in [0.25, 0.3) is 0 Å². The van der Waals surface area contributed by atoms with E-state index in [0.717, 1.165) is 12.3 Å². The zero-order valence-corrected chi connectivity index (χ0v) is 13.0. The number of carbonyl (C=O) groups is 2. The van der Waals surface area contributed by atoms with Gasteiger partial charge in [0.2, 0.25) is 0 Å². The fourth-order valence-corrected chi connectivity index (χ4v) is 1.90. The van der Waals surface area contributed by atoms with Gasteiger partial charge in [-0.3, -0.25) is 0 Å². The van der Waals surface area contributed by atoms with E-state index in [1.54, 1.807) is 7.11 Å². The number of aliphatic carboxylic acids is 2. The molecule has 7 heteroatoms. The van der Waals surface area contributed by atoms with E-state index in [0.29, 0.717) is 12.2 Å². The van der Waals surface area contributed by atoms with E-state index < -0.39 is 11.9 Å². The number of carboxylic acids is 2. The van der Waals surface area contributed by atoms with Crippen molar-refractivity contribution >= 4 is 22.8 Å². The molecule has 0 amide bonds. The molecule has 0 fully saturated rings. The molecule has 2 rings (SSSR count). The Hall–Kier alpha value is -2.80. The lowest BCUT2D eigenvalue weighted by atomic mass is 10.2. The number of nitrogens with two attached hydrogens (primary N) is 1. The molecule has 0 spiro atoms. The molecule has 1 atom stereocenters. The van der Waals surface area contributed by atoms with Crippen molar-refractivity contribution in [3.63, 3.8) is 0 Å². The molecule has 124 valence electrons. The van der Waals surface area contributed by atoms with Gasteiger partial charge in [0.15, 0.2) is 0 Å². The van der Waals surface area contributed by atoms with Gasteiger partial charge in [-0.25, -0.2) is 9.59 Å². The Bertz CT molecular complexity index is 688. The van der Waals surface area contributed by atoms with Crippen molar-refractivity contribution < 1.29 is 24.5 Å². The lowest BCUT2D eigenvalue weighted by Crippen LogP contribution is -2.21. The first kappa shape index (κ1) is 18.2. The van der Waals surface area contributed by atoms with Gasteiger partial charge in [-0.05, 0) is 30.5 Å². The summed E-state index contributed by atoms with van der Waals surface area (Å²) in [6.07, 6.45) is 3.18. The number of hydrogen-bond donors (Lipinski definition) is 3. The molecule has 1 unspecified atom stereocenters. The van der Waals surface area contributed by atoms with Gasteiger partial charge >= 0.3 is 11.9 Å². The Morgan fingerprint density at radius 1 is 1.26 bits per heavy atom. The molecule has 0 saturated carbocycles. The van der Waals surface area contributed by atoms with Crippen LogP contribution in [0.3, 0.4) is 0 Å². The second-order valence-electron chi connectivity index (χ2n) is 4.88. The van der Waals surface area contributed by atoms with Gasteiger partial charge in [0, 0.05) is 37.0 Å².